The summed E-state index contributed by atoms with van der Waals surface area (Å²) < 4.78 is 45.9. The summed E-state index contributed by atoms with van der Waals surface area (Å²) in [5.41, 5.74) is 11.6. The van der Waals surface area contributed by atoms with E-state index >= 15 is 0 Å². The molecule has 11 heteroatoms. The van der Waals surface area contributed by atoms with E-state index in [4.69, 9.17) is 16.0 Å². The number of carbonyl (C=O) groups is 2. The highest BCUT2D eigenvalue weighted by Crippen LogP contribution is 2.40. The molecule has 1 amide bonds. The quantitative estimate of drug-likeness (QED) is 0.459. The van der Waals surface area contributed by atoms with E-state index < -0.39 is 17.5 Å². The van der Waals surface area contributed by atoms with E-state index in [1.165, 1.54) is 10.7 Å². The number of aromatic nitrogens is 3. The lowest BCUT2D eigenvalue weighted by Gasteiger charge is -2.26. The van der Waals surface area contributed by atoms with Gasteiger partial charge in [0.05, 0.1) is 17.5 Å². The van der Waals surface area contributed by atoms with Gasteiger partial charge in [0.2, 0.25) is 0 Å². The summed E-state index contributed by atoms with van der Waals surface area (Å²) in [6, 6.07) is 8.19. The number of primary amides is 1. The van der Waals surface area contributed by atoms with Gasteiger partial charge < -0.3 is 16.0 Å². The normalized spacial score (nSPS) is 12.3. The van der Waals surface area contributed by atoms with Gasteiger partial charge in [0.1, 0.15) is 28.6 Å². The van der Waals surface area contributed by atoms with E-state index in [0.29, 0.717) is 16.8 Å². The molecule has 3 aromatic rings. The first-order chi connectivity index (χ1) is 16.2. The Morgan fingerprint density at radius 2 is 1.74 bits per heavy atom. The number of nitrogen functional groups attached to an aromatic ring is 1. The molecule has 1 aromatic carbocycles. The monoisotopic (exact) mass is 491 g/mol. The number of benzene rings is 1. The second-order valence-electron chi connectivity index (χ2n) is 9.44. The summed E-state index contributed by atoms with van der Waals surface area (Å²) in [6.45, 7) is 5.93. The number of hydrogen-bond donors (Lipinski definition) is 2. The maximum absolute atomic E-state index is 13.1. The SMILES string of the molecule is CC(C)n1nc(-c2ccc(CC(=O)Cc3cc(CC(C)(C)C(F)(F)F)no3)cc2)c(C(N)=O)c1N. The van der Waals surface area contributed by atoms with Gasteiger partial charge in [0.15, 0.2) is 0 Å². The van der Waals surface area contributed by atoms with E-state index in [2.05, 4.69) is 10.3 Å². The van der Waals surface area contributed by atoms with Gasteiger partial charge in [-0.3, -0.25) is 9.59 Å². The maximum Gasteiger partial charge on any atom is 0.394 e. The average Bonchev–Trinajstić information content (AvgIpc) is 3.31. The van der Waals surface area contributed by atoms with Crippen molar-refractivity contribution in [2.75, 3.05) is 5.73 Å². The van der Waals surface area contributed by atoms with Gasteiger partial charge in [0.25, 0.3) is 5.91 Å². The summed E-state index contributed by atoms with van der Waals surface area (Å²) in [5, 5.41) is 8.10. The fourth-order valence-electron chi connectivity index (χ4n) is 3.63. The summed E-state index contributed by atoms with van der Waals surface area (Å²) in [7, 11) is 0. The van der Waals surface area contributed by atoms with Crippen LogP contribution in [0.1, 0.15) is 61.1 Å². The van der Waals surface area contributed by atoms with E-state index in [0.717, 1.165) is 13.8 Å². The molecular formula is C24H28F3N5O3. The predicted molar refractivity (Wildman–Crippen MR) is 123 cm³/mol. The third kappa shape index (κ3) is 5.72. The molecule has 0 unspecified atom stereocenters. The fourth-order valence-corrected chi connectivity index (χ4v) is 3.63. The molecule has 0 atom stereocenters. The van der Waals surface area contributed by atoms with Crippen LogP contribution in [0.25, 0.3) is 11.3 Å². The van der Waals surface area contributed by atoms with Crippen molar-refractivity contribution in [2.45, 2.75) is 59.2 Å². The molecule has 0 aliphatic carbocycles. The van der Waals surface area contributed by atoms with Crippen molar-refractivity contribution in [2.24, 2.45) is 11.1 Å². The number of halogens is 3. The number of Topliss-reactive ketones (excluding diaryl/α,β-unsaturated/α-hetero) is 1. The molecule has 35 heavy (non-hydrogen) atoms. The summed E-state index contributed by atoms with van der Waals surface area (Å²) in [5.74, 6) is -0.484. The minimum Gasteiger partial charge on any atom is -0.383 e. The van der Waals surface area contributed by atoms with E-state index in [-0.39, 0.29) is 53.9 Å². The zero-order valence-corrected chi connectivity index (χ0v) is 19.9. The van der Waals surface area contributed by atoms with Crippen LogP contribution in [0.4, 0.5) is 19.0 Å². The smallest absolute Gasteiger partial charge is 0.383 e. The Balaban J connectivity index is 1.69. The predicted octanol–water partition coefficient (Wildman–Crippen LogP) is 4.29. The number of rotatable bonds is 9. The first-order valence-corrected chi connectivity index (χ1v) is 11.0. The van der Waals surface area contributed by atoms with Crippen LogP contribution in [-0.4, -0.2) is 32.8 Å². The molecule has 4 N–H and O–H groups in total. The van der Waals surface area contributed by atoms with Crippen molar-refractivity contribution < 1.29 is 27.3 Å². The molecule has 0 fully saturated rings. The van der Waals surface area contributed by atoms with Crippen molar-refractivity contribution >= 4 is 17.5 Å². The molecule has 0 aliphatic heterocycles. The summed E-state index contributed by atoms with van der Waals surface area (Å²) in [6.07, 6.45) is -4.75. The van der Waals surface area contributed by atoms with Gasteiger partial charge in [-0.1, -0.05) is 43.3 Å². The van der Waals surface area contributed by atoms with Gasteiger partial charge in [0, 0.05) is 30.5 Å². The van der Waals surface area contributed by atoms with Crippen LogP contribution >= 0.6 is 0 Å². The number of amides is 1. The van der Waals surface area contributed by atoms with Crippen molar-refractivity contribution in [3.63, 3.8) is 0 Å². The Morgan fingerprint density at radius 3 is 2.29 bits per heavy atom. The lowest BCUT2D eigenvalue weighted by molar-refractivity contribution is -0.211. The molecule has 2 aromatic heterocycles. The number of nitrogens with zero attached hydrogens (tertiary/aromatic N) is 3. The number of alkyl halides is 3. The Hall–Kier alpha value is -3.63. The van der Waals surface area contributed by atoms with Crippen LogP contribution in [0.15, 0.2) is 34.9 Å². The minimum absolute atomic E-state index is 0.0742. The summed E-state index contributed by atoms with van der Waals surface area (Å²) >= 11 is 0. The second kappa shape index (κ2) is 9.55. The van der Waals surface area contributed by atoms with Gasteiger partial charge in [-0.25, -0.2) is 4.68 Å². The largest absolute Gasteiger partial charge is 0.394 e. The first-order valence-electron chi connectivity index (χ1n) is 11.0. The zero-order valence-electron chi connectivity index (χ0n) is 19.9. The zero-order chi connectivity index (χ0) is 26.1. The van der Waals surface area contributed by atoms with Crippen molar-refractivity contribution in [1.82, 2.24) is 14.9 Å². The van der Waals surface area contributed by atoms with Gasteiger partial charge in [-0.05, 0) is 19.4 Å². The topological polar surface area (TPSA) is 130 Å². The number of nitrogens with two attached hydrogens (primary N) is 2. The van der Waals surface area contributed by atoms with Crippen molar-refractivity contribution in [3.05, 3.63) is 52.9 Å². The van der Waals surface area contributed by atoms with Gasteiger partial charge in [-0.15, -0.1) is 0 Å². The van der Waals surface area contributed by atoms with E-state index in [1.807, 2.05) is 13.8 Å². The van der Waals surface area contributed by atoms with Crippen molar-refractivity contribution in [1.29, 1.82) is 0 Å². The van der Waals surface area contributed by atoms with Crippen LogP contribution in [0.2, 0.25) is 0 Å². The van der Waals surface area contributed by atoms with Crippen LogP contribution in [0.3, 0.4) is 0 Å². The average molecular weight is 492 g/mol. The van der Waals surface area contributed by atoms with Crippen molar-refractivity contribution in [3.8, 4) is 11.3 Å². The van der Waals surface area contributed by atoms with Crippen LogP contribution in [0, 0.1) is 5.41 Å². The molecule has 0 radical (unpaired) electrons. The minimum atomic E-state index is -4.38. The number of carbonyl (C=O) groups excluding carboxylic acids is 2. The molecule has 0 saturated carbocycles. The molecule has 2 heterocycles. The molecular weight excluding hydrogens is 463 g/mol. The Morgan fingerprint density at radius 1 is 1.11 bits per heavy atom. The molecule has 0 saturated heterocycles. The number of hydrogen-bond acceptors (Lipinski definition) is 6. The van der Waals surface area contributed by atoms with Crippen LogP contribution < -0.4 is 11.5 Å². The molecule has 8 nitrogen and oxygen atoms in total. The summed E-state index contributed by atoms with van der Waals surface area (Å²) in [4.78, 5) is 24.4. The molecule has 3 rings (SSSR count). The van der Waals surface area contributed by atoms with E-state index in [9.17, 15) is 22.8 Å². The van der Waals surface area contributed by atoms with E-state index in [1.54, 1.807) is 24.3 Å². The van der Waals surface area contributed by atoms with Crippen LogP contribution in [-0.2, 0) is 24.1 Å². The number of ketones is 1. The maximum atomic E-state index is 13.1. The molecule has 0 aliphatic rings. The molecule has 0 bridgehead atoms. The van der Waals surface area contributed by atoms with Gasteiger partial charge in [-0.2, -0.15) is 18.3 Å². The second-order valence-corrected chi connectivity index (χ2v) is 9.44. The number of anilines is 1. The highest BCUT2D eigenvalue weighted by Gasteiger charge is 2.47. The lowest BCUT2D eigenvalue weighted by Crippen LogP contribution is -2.34. The fraction of sp³-hybridized carbons (Fsp3) is 0.417. The standard InChI is InChI=1S/C24H28F3N5O3/c1-13(2)32-21(28)19(22(29)34)20(30-32)15-7-5-14(6-8-15)9-17(33)11-18-10-16(31-35-18)12-23(3,4)24(25,26)27/h5-8,10,13H,9,11-12,28H2,1-4H3,(H2,29,34). The Bertz CT molecular complexity index is 1220. The highest BCUT2D eigenvalue weighted by atomic mass is 19.4. The lowest BCUT2D eigenvalue weighted by atomic mass is 9.87. The van der Waals surface area contributed by atoms with Crippen LogP contribution in [0.5, 0.6) is 0 Å². The molecule has 188 valence electrons. The Kier molecular flexibility index (Phi) is 7.09. The third-order valence-electron chi connectivity index (χ3n) is 5.68. The van der Waals surface area contributed by atoms with Gasteiger partial charge >= 0.3 is 6.18 Å². The highest BCUT2D eigenvalue weighted by molar-refractivity contribution is 6.03. The Labute approximate surface area is 200 Å². The third-order valence-corrected chi connectivity index (χ3v) is 5.68. The first kappa shape index (κ1) is 26.0. The molecule has 0 spiro atoms.